The molecule has 0 aromatic carbocycles. The van der Waals surface area contributed by atoms with Crippen molar-refractivity contribution < 1.29 is 4.74 Å². The Bertz CT molecular complexity index is 368. The van der Waals surface area contributed by atoms with Crippen molar-refractivity contribution in [3.8, 4) is 6.07 Å². The molecule has 1 saturated heterocycles. The molecule has 0 bridgehead atoms. The highest BCUT2D eigenvalue weighted by Crippen LogP contribution is 2.27. The van der Waals surface area contributed by atoms with E-state index in [-0.39, 0.29) is 12.6 Å². The van der Waals surface area contributed by atoms with Gasteiger partial charge in [-0.2, -0.15) is 5.26 Å². The first-order valence-electron chi connectivity index (χ1n) is 4.94. The molecule has 1 aliphatic heterocycles. The van der Waals surface area contributed by atoms with Crippen molar-refractivity contribution in [1.29, 1.82) is 5.26 Å². The molecule has 15 heavy (non-hydrogen) atoms. The average molecular weight is 204 g/mol. The van der Waals surface area contributed by atoms with Crippen molar-refractivity contribution in [1.82, 2.24) is 9.97 Å². The van der Waals surface area contributed by atoms with Gasteiger partial charge in [0.25, 0.3) is 0 Å². The maximum Gasteiger partial charge on any atom is 0.130 e. The van der Waals surface area contributed by atoms with Crippen molar-refractivity contribution in [3.63, 3.8) is 0 Å². The Morgan fingerprint density at radius 1 is 1.60 bits per heavy atom. The van der Waals surface area contributed by atoms with E-state index in [1.165, 1.54) is 6.33 Å². The van der Waals surface area contributed by atoms with E-state index in [2.05, 4.69) is 15.3 Å². The zero-order chi connectivity index (χ0) is 10.5. The molecule has 1 atom stereocenters. The average Bonchev–Trinajstić information content (AvgIpc) is 2.80. The summed E-state index contributed by atoms with van der Waals surface area (Å²) in [5.74, 6) is 0.678. The molecule has 1 aliphatic rings. The van der Waals surface area contributed by atoms with Gasteiger partial charge in [0, 0.05) is 12.7 Å². The second-order valence-electron chi connectivity index (χ2n) is 3.34. The lowest BCUT2D eigenvalue weighted by Crippen LogP contribution is -2.05. The Kier molecular flexibility index (Phi) is 3.10. The zero-order valence-electron chi connectivity index (χ0n) is 8.31. The van der Waals surface area contributed by atoms with E-state index in [4.69, 9.17) is 10.00 Å². The molecular formula is C10H12N4O. The molecule has 78 valence electrons. The summed E-state index contributed by atoms with van der Waals surface area (Å²) in [5.41, 5.74) is 0.892. The van der Waals surface area contributed by atoms with Crippen LogP contribution in [0.3, 0.4) is 0 Å². The summed E-state index contributed by atoms with van der Waals surface area (Å²) in [6.07, 6.45) is 3.68. The van der Waals surface area contributed by atoms with Gasteiger partial charge in [0.1, 0.15) is 18.7 Å². The van der Waals surface area contributed by atoms with E-state index in [0.717, 1.165) is 25.1 Å². The molecule has 0 amide bonds. The van der Waals surface area contributed by atoms with E-state index in [1.807, 2.05) is 12.1 Å². The lowest BCUT2D eigenvalue weighted by molar-refractivity contribution is 0.108. The van der Waals surface area contributed by atoms with Crippen LogP contribution in [0.15, 0.2) is 12.4 Å². The number of rotatable bonds is 3. The van der Waals surface area contributed by atoms with E-state index >= 15 is 0 Å². The molecule has 1 N–H and O–H groups in total. The number of nitriles is 1. The highest BCUT2D eigenvalue weighted by atomic mass is 16.5. The van der Waals surface area contributed by atoms with E-state index < -0.39 is 0 Å². The molecule has 2 rings (SSSR count). The SMILES string of the molecule is N#CCNc1cc(C2CCCO2)ncn1. The molecule has 0 spiro atoms. The fraction of sp³-hybridized carbons (Fsp3) is 0.500. The van der Waals surface area contributed by atoms with Crippen molar-refractivity contribution in [3.05, 3.63) is 18.1 Å². The quantitative estimate of drug-likeness (QED) is 0.750. The van der Waals surface area contributed by atoms with Crippen molar-refractivity contribution in [2.75, 3.05) is 18.5 Å². The van der Waals surface area contributed by atoms with Crippen LogP contribution in [-0.4, -0.2) is 23.1 Å². The monoisotopic (exact) mass is 204 g/mol. The summed E-state index contributed by atoms with van der Waals surface area (Å²) in [6.45, 7) is 1.05. The van der Waals surface area contributed by atoms with Gasteiger partial charge in [-0.15, -0.1) is 0 Å². The van der Waals surface area contributed by atoms with Crippen LogP contribution in [0.5, 0.6) is 0 Å². The molecule has 1 aromatic heterocycles. The van der Waals surface area contributed by atoms with E-state index in [0.29, 0.717) is 5.82 Å². The summed E-state index contributed by atoms with van der Waals surface area (Å²) >= 11 is 0. The molecule has 1 fully saturated rings. The predicted molar refractivity (Wildman–Crippen MR) is 54.1 cm³/mol. The summed E-state index contributed by atoms with van der Waals surface area (Å²) in [7, 11) is 0. The largest absolute Gasteiger partial charge is 0.372 e. The maximum atomic E-state index is 8.43. The standard InChI is InChI=1S/C10H12N4O/c11-3-4-12-10-6-8(13-7-14-10)9-2-1-5-15-9/h6-7,9H,1-2,4-5H2,(H,12,13,14). The summed E-state index contributed by atoms with van der Waals surface area (Å²) < 4.78 is 5.52. The summed E-state index contributed by atoms with van der Waals surface area (Å²) in [6, 6.07) is 3.84. The smallest absolute Gasteiger partial charge is 0.130 e. The molecule has 1 aromatic rings. The number of hydrogen-bond donors (Lipinski definition) is 1. The lowest BCUT2D eigenvalue weighted by atomic mass is 10.2. The Morgan fingerprint density at radius 3 is 3.27 bits per heavy atom. The molecule has 5 nitrogen and oxygen atoms in total. The number of nitrogens with one attached hydrogen (secondary N) is 1. The molecule has 0 radical (unpaired) electrons. The predicted octanol–water partition coefficient (Wildman–Crippen LogP) is 1.26. The van der Waals surface area contributed by atoms with Gasteiger partial charge in [0.2, 0.25) is 0 Å². The van der Waals surface area contributed by atoms with Crippen LogP contribution < -0.4 is 5.32 Å². The minimum Gasteiger partial charge on any atom is -0.372 e. The number of nitrogens with zero attached hydrogens (tertiary/aromatic N) is 3. The number of anilines is 1. The van der Waals surface area contributed by atoms with Crippen LogP contribution in [0, 0.1) is 11.3 Å². The van der Waals surface area contributed by atoms with Crippen molar-refractivity contribution in [2.45, 2.75) is 18.9 Å². The van der Waals surface area contributed by atoms with Crippen LogP contribution in [0.25, 0.3) is 0 Å². The highest BCUT2D eigenvalue weighted by molar-refractivity contribution is 5.36. The minimum absolute atomic E-state index is 0.0932. The first kappa shape index (κ1) is 9.87. The summed E-state index contributed by atoms with van der Waals surface area (Å²) in [4.78, 5) is 8.19. The topological polar surface area (TPSA) is 70.8 Å². The Balaban J connectivity index is 2.08. The van der Waals surface area contributed by atoms with Crippen LogP contribution in [0.4, 0.5) is 5.82 Å². The van der Waals surface area contributed by atoms with Gasteiger partial charge in [0.05, 0.1) is 17.9 Å². The van der Waals surface area contributed by atoms with Gasteiger partial charge in [-0.25, -0.2) is 9.97 Å². The molecule has 0 saturated carbocycles. The van der Waals surface area contributed by atoms with Crippen LogP contribution in [0.2, 0.25) is 0 Å². The molecule has 1 unspecified atom stereocenters. The van der Waals surface area contributed by atoms with Gasteiger partial charge in [-0.1, -0.05) is 0 Å². The van der Waals surface area contributed by atoms with E-state index in [9.17, 15) is 0 Å². The number of ether oxygens (including phenoxy) is 1. The number of aromatic nitrogens is 2. The fourth-order valence-corrected chi connectivity index (χ4v) is 1.59. The van der Waals surface area contributed by atoms with Gasteiger partial charge in [-0.3, -0.25) is 0 Å². The van der Waals surface area contributed by atoms with Crippen LogP contribution in [0.1, 0.15) is 24.6 Å². The zero-order valence-corrected chi connectivity index (χ0v) is 8.31. The normalized spacial score (nSPS) is 19.8. The summed E-state index contributed by atoms with van der Waals surface area (Å²) in [5, 5.41) is 11.3. The molecule has 5 heteroatoms. The van der Waals surface area contributed by atoms with Crippen LogP contribution in [-0.2, 0) is 4.74 Å². The Hall–Kier alpha value is -1.67. The molecular weight excluding hydrogens is 192 g/mol. The lowest BCUT2D eigenvalue weighted by Gasteiger charge is -2.09. The van der Waals surface area contributed by atoms with Crippen molar-refractivity contribution >= 4 is 5.82 Å². The maximum absolute atomic E-state index is 8.43. The second-order valence-corrected chi connectivity index (χ2v) is 3.34. The number of hydrogen-bond acceptors (Lipinski definition) is 5. The van der Waals surface area contributed by atoms with Crippen molar-refractivity contribution in [2.24, 2.45) is 0 Å². The molecule has 0 aliphatic carbocycles. The third kappa shape index (κ3) is 2.42. The molecule has 2 heterocycles. The fourth-order valence-electron chi connectivity index (χ4n) is 1.59. The Morgan fingerprint density at radius 2 is 2.53 bits per heavy atom. The van der Waals surface area contributed by atoms with Crippen LogP contribution >= 0.6 is 0 Å². The third-order valence-corrected chi connectivity index (χ3v) is 2.30. The second kappa shape index (κ2) is 4.71. The third-order valence-electron chi connectivity index (χ3n) is 2.30. The van der Waals surface area contributed by atoms with Gasteiger partial charge in [-0.05, 0) is 12.8 Å². The minimum atomic E-state index is 0.0932. The Labute approximate surface area is 88.1 Å². The highest BCUT2D eigenvalue weighted by Gasteiger charge is 2.19. The first-order valence-corrected chi connectivity index (χ1v) is 4.94. The van der Waals surface area contributed by atoms with Gasteiger partial charge < -0.3 is 10.1 Å². The van der Waals surface area contributed by atoms with Gasteiger partial charge in [0.15, 0.2) is 0 Å². The first-order chi connectivity index (χ1) is 7.40. The van der Waals surface area contributed by atoms with Gasteiger partial charge >= 0.3 is 0 Å². The van der Waals surface area contributed by atoms with E-state index in [1.54, 1.807) is 0 Å².